The minimum Gasteiger partial charge on any atom is -0.493 e. The molecule has 154 valence electrons. The van der Waals surface area contributed by atoms with Crippen LogP contribution in [0.1, 0.15) is 17.3 Å². The summed E-state index contributed by atoms with van der Waals surface area (Å²) in [6.45, 7) is 8.25. The fraction of sp³-hybridized carbons (Fsp3) is 0.348. The average molecular weight is 396 g/mol. The molecule has 0 saturated heterocycles. The Morgan fingerprint density at radius 3 is 2.83 bits per heavy atom. The van der Waals surface area contributed by atoms with E-state index >= 15 is 0 Å². The molecule has 0 aliphatic carbocycles. The Morgan fingerprint density at radius 1 is 1.31 bits per heavy atom. The third-order valence-corrected chi connectivity index (χ3v) is 4.90. The van der Waals surface area contributed by atoms with E-state index in [2.05, 4.69) is 24.5 Å². The summed E-state index contributed by atoms with van der Waals surface area (Å²) in [5.74, 6) is 1.87. The summed E-state index contributed by atoms with van der Waals surface area (Å²) in [7, 11) is 3.35. The van der Waals surface area contributed by atoms with Crippen molar-refractivity contribution in [1.82, 2.24) is 4.90 Å². The highest BCUT2D eigenvalue weighted by atomic mass is 16.5. The van der Waals surface area contributed by atoms with Gasteiger partial charge in [-0.25, -0.2) is 0 Å². The zero-order chi connectivity index (χ0) is 20.8. The molecule has 2 aromatic carbocycles. The van der Waals surface area contributed by atoms with Gasteiger partial charge < -0.3 is 24.0 Å². The third-order valence-electron chi connectivity index (χ3n) is 4.90. The van der Waals surface area contributed by atoms with E-state index in [1.54, 1.807) is 43.3 Å². The number of hydrogen-bond donors (Lipinski definition) is 0. The second-order valence-corrected chi connectivity index (χ2v) is 6.90. The van der Waals surface area contributed by atoms with Crippen LogP contribution in [0.15, 0.2) is 55.1 Å². The monoisotopic (exact) mass is 396 g/mol. The van der Waals surface area contributed by atoms with Crippen LogP contribution in [0.2, 0.25) is 0 Å². The molecule has 0 saturated carbocycles. The molecule has 6 nitrogen and oxygen atoms in total. The molecule has 1 aliphatic heterocycles. The van der Waals surface area contributed by atoms with Crippen LogP contribution in [0.3, 0.4) is 0 Å². The predicted molar refractivity (Wildman–Crippen MR) is 114 cm³/mol. The molecule has 0 N–H and O–H groups in total. The zero-order valence-corrected chi connectivity index (χ0v) is 17.3. The number of benzene rings is 2. The van der Waals surface area contributed by atoms with Crippen molar-refractivity contribution < 1.29 is 19.0 Å². The Kier molecular flexibility index (Phi) is 6.65. The van der Waals surface area contributed by atoms with Crippen molar-refractivity contribution in [2.24, 2.45) is 0 Å². The third kappa shape index (κ3) is 4.65. The van der Waals surface area contributed by atoms with E-state index < -0.39 is 0 Å². The first-order valence-corrected chi connectivity index (χ1v) is 9.75. The first kappa shape index (κ1) is 20.6. The standard InChI is InChI=1S/C23H28N2O4/c1-5-13-28-21-12-11-17(14-22(21)27-4)23(26)24(3)15-18-16-25(6-2)19-9-7-8-10-20(19)29-18/h5,7-12,14,18H,1,6,13,15-16H2,2-4H3. The fourth-order valence-corrected chi connectivity index (χ4v) is 3.45. The lowest BCUT2D eigenvalue weighted by Gasteiger charge is -2.37. The Labute approximate surface area is 172 Å². The number of nitrogens with zero attached hydrogens (tertiary/aromatic N) is 2. The second kappa shape index (κ2) is 9.37. The maximum Gasteiger partial charge on any atom is 0.253 e. The maximum absolute atomic E-state index is 13.0. The number of methoxy groups -OCH3 is 1. The maximum atomic E-state index is 13.0. The summed E-state index contributed by atoms with van der Waals surface area (Å²) >= 11 is 0. The molecule has 1 aliphatic rings. The van der Waals surface area contributed by atoms with Crippen LogP contribution < -0.4 is 19.1 Å². The largest absolute Gasteiger partial charge is 0.493 e. The smallest absolute Gasteiger partial charge is 0.253 e. The van der Waals surface area contributed by atoms with Crippen LogP contribution in [0.25, 0.3) is 0 Å². The number of carbonyl (C=O) groups is 1. The highest BCUT2D eigenvalue weighted by molar-refractivity contribution is 5.94. The molecular formula is C23H28N2O4. The van der Waals surface area contributed by atoms with Crippen LogP contribution in [-0.4, -0.2) is 57.3 Å². The predicted octanol–water partition coefficient (Wildman–Crippen LogP) is 3.62. The highest BCUT2D eigenvalue weighted by Gasteiger charge is 2.27. The Morgan fingerprint density at radius 2 is 2.10 bits per heavy atom. The van der Waals surface area contributed by atoms with E-state index in [0.29, 0.717) is 30.2 Å². The summed E-state index contributed by atoms with van der Waals surface area (Å²) in [6, 6.07) is 13.2. The molecule has 3 rings (SSSR count). The Hall–Kier alpha value is -3.15. The summed E-state index contributed by atoms with van der Waals surface area (Å²) in [5.41, 5.74) is 1.64. The number of para-hydroxylation sites is 2. The Bertz CT molecular complexity index is 868. The van der Waals surface area contributed by atoms with E-state index in [9.17, 15) is 4.79 Å². The molecule has 0 radical (unpaired) electrons. The summed E-state index contributed by atoms with van der Waals surface area (Å²) in [4.78, 5) is 16.9. The fourth-order valence-electron chi connectivity index (χ4n) is 3.45. The summed E-state index contributed by atoms with van der Waals surface area (Å²) in [6.07, 6.45) is 1.56. The van der Waals surface area contributed by atoms with E-state index in [-0.39, 0.29) is 12.0 Å². The van der Waals surface area contributed by atoms with Crippen molar-refractivity contribution in [3.63, 3.8) is 0 Å². The average Bonchev–Trinajstić information content (AvgIpc) is 2.76. The first-order valence-electron chi connectivity index (χ1n) is 9.75. The first-order chi connectivity index (χ1) is 14.1. The molecule has 1 atom stereocenters. The lowest BCUT2D eigenvalue weighted by Crippen LogP contribution is -2.46. The van der Waals surface area contributed by atoms with Gasteiger partial charge >= 0.3 is 0 Å². The molecule has 1 heterocycles. The minimum atomic E-state index is -0.101. The van der Waals surface area contributed by atoms with Gasteiger partial charge in [0.2, 0.25) is 0 Å². The number of hydrogen-bond acceptors (Lipinski definition) is 5. The molecular weight excluding hydrogens is 368 g/mol. The number of amides is 1. The van der Waals surface area contributed by atoms with Gasteiger partial charge in [0.1, 0.15) is 18.5 Å². The number of rotatable bonds is 8. The number of ether oxygens (including phenoxy) is 3. The summed E-state index contributed by atoms with van der Waals surface area (Å²) < 4.78 is 17.1. The highest BCUT2D eigenvalue weighted by Crippen LogP contribution is 2.33. The van der Waals surface area contributed by atoms with Crippen molar-refractivity contribution in [3.05, 3.63) is 60.7 Å². The quantitative estimate of drug-likeness (QED) is 0.638. The number of carbonyl (C=O) groups excluding carboxylic acids is 1. The topological polar surface area (TPSA) is 51.2 Å². The second-order valence-electron chi connectivity index (χ2n) is 6.90. The van der Waals surface area contributed by atoms with Gasteiger partial charge in [-0.3, -0.25) is 4.79 Å². The van der Waals surface area contributed by atoms with Gasteiger partial charge in [-0.15, -0.1) is 0 Å². The molecule has 0 bridgehead atoms. The van der Waals surface area contributed by atoms with E-state index in [1.165, 1.54) is 0 Å². The minimum absolute atomic E-state index is 0.0934. The lowest BCUT2D eigenvalue weighted by molar-refractivity contribution is 0.0709. The van der Waals surface area contributed by atoms with Crippen LogP contribution in [-0.2, 0) is 0 Å². The van der Waals surface area contributed by atoms with Crippen LogP contribution in [0.5, 0.6) is 17.2 Å². The molecule has 2 aromatic rings. The van der Waals surface area contributed by atoms with Crippen molar-refractivity contribution in [3.8, 4) is 17.2 Å². The lowest BCUT2D eigenvalue weighted by atomic mass is 10.1. The van der Waals surface area contributed by atoms with Crippen molar-refractivity contribution in [2.45, 2.75) is 13.0 Å². The van der Waals surface area contributed by atoms with Gasteiger partial charge in [-0.1, -0.05) is 24.8 Å². The molecule has 29 heavy (non-hydrogen) atoms. The molecule has 1 amide bonds. The van der Waals surface area contributed by atoms with Crippen LogP contribution >= 0.6 is 0 Å². The van der Waals surface area contributed by atoms with Gasteiger partial charge in [-0.05, 0) is 37.3 Å². The SMILES string of the molecule is C=CCOc1ccc(C(=O)N(C)CC2CN(CC)c3ccccc3O2)cc1OC. The van der Waals surface area contributed by atoms with Gasteiger partial charge in [-0.2, -0.15) is 0 Å². The Balaban J connectivity index is 1.70. The molecule has 0 fully saturated rings. The van der Waals surface area contributed by atoms with Crippen LogP contribution in [0.4, 0.5) is 5.69 Å². The number of anilines is 1. The molecule has 0 spiro atoms. The van der Waals surface area contributed by atoms with Crippen molar-refractivity contribution in [1.29, 1.82) is 0 Å². The van der Waals surface area contributed by atoms with Crippen molar-refractivity contribution in [2.75, 3.05) is 45.3 Å². The van der Waals surface area contributed by atoms with Gasteiger partial charge in [0.05, 0.1) is 25.9 Å². The molecule has 0 aromatic heterocycles. The molecule has 1 unspecified atom stereocenters. The summed E-state index contributed by atoms with van der Waals surface area (Å²) in [5, 5.41) is 0. The van der Waals surface area contributed by atoms with E-state index in [1.807, 2.05) is 18.2 Å². The zero-order valence-electron chi connectivity index (χ0n) is 17.3. The van der Waals surface area contributed by atoms with Gasteiger partial charge in [0.15, 0.2) is 11.5 Å². The van der Waals surface area contributed by atoms with E-state index in [4.69, 9.17) is 14.2 Å². The van der Waals surface area contributed by atoms with Gasteiger partial charge in [0.25, 0.3) is 5.91 Å². The molecule has 6 heteroatoms. The van der Waals surface area contributed by atoms with Crippen molar-refractivity contribution >= 4 is 11.6 Å². The number of likely N-dealkylation sites (N-methyl/N-ethyl adjacent to an activating group) is 2. The number of fused-ring (bicyclic) bond motifs is 1. The van der Waals surface area contributed by atoms with E-state index in [0.717, 1.165) is 24.5 Å². The normalized spacial score (nSPS) is 15.1. The van der Waals surface area contributed by atoms with Crippen LogP contribution in [0, 0.1) is 0 Å². The van der Waals surface area contributed by atoms with Gasteiger partial charge in [0, 0.05) is 19.2 Å².